The molecular formula is C18H34N2O2. The lowest BCUT2D eigenvalue weighted by molar-refractivity contribution is 0.00666. The fourth-order valence-corrected chi connectivity index (χ4v) is 2.55. The van der Waals surface area contributed by atoms with Crippen molar-refractivity contribution in [2.24, 2.45) is 0 Å². The van der Waals surface area contributed by atoms with Gasteiger partial charge < -0.3 is 15.0 Å². The second-order valence-corrected chi connectivity index (χ2v) is 8.06. The third kappa shape index (κ3) is 7.30. The van der Waals surface area contributed by atoms with Crippen molar-refractivity contribution in [3.8, 4) is 0 Å². The molecule has 0 saturated heterocycles. The molecule has 0 fully saturated rings. The molecule has 4 heteroatoms. The summed E-state index contributed by atoms with van der Waals surface area (Å²) in [5.41, 5.74) is 0.883. The van der Waals surface area contributed by atoms with Gasteiger partial charge in [0.15, 0.2) is 0 Å². The average molecular weight is 310 g/mol. The summed E-state index contributed by atoms with van der Waals surface area (Å²) in [6.45, 7) is 14.3. The zero-order valence-corrected chi connectivity index (χ0v) is 15.3. The van der Waals surface area contributed by atoms with Crippen LogP contribution in [0, 0.1) is 0 Å². The molecule has 1 N–H and O–H groups in total. The van der Waals surface area contributed by atoms with Crippen LogP contribution in [0.15, 0.2) is 11.6 Å². The Hall–Kier alpha value is -1.03. The minimum Gasteiger partial charge on any atom is -0.444 e. The third-order valence-electron chi connectivity index (χ3n) is 3.69. The molecule has 1 aliphatic carbocycles. The van der Waals surface area contributed by atoms with Gasteiger partial charge in [-0.3, -0.25) is 0 Å². The Morgan fingerprint density at radius 3 is 2.41 bits per heavy atom. The van der Waals surface area contributed by atoms with E-state index in [0.29, 0.717) is 6.54 Å². The summed E-state index contributed by atoms with van der Waals surface area (Å²) in [5.74, 6) is 0. The maximum absolute atomic E-state index is 12.3. The van der Waals surface area contributed by atoms with E-state index in [-0.39, 0.29) is 11.6 Å². The first-order chi connectivity index (χ1) is 10.1. The van der Waals surface area contributed by atoms with Gasteiger partial charge >= 0.3 is 6.09 Å². The zero-order chi connectivity index (χ0) is 16.8. The zero-order valence-electron chi connectivity index (χ0n) is 15.3. The molecule has 0 bridgehead atoms. The third-order valence-corrected chi connectivity index (χ3v) is 3.69. The molecule has 22 heavy (non-hydrogen) atoms. The number of allylic oxidation sites excluding steroid dienone is 1. The fraction of sp³-hybridized carbons (Fsp3) is 0.833. The molecule has 0 spiro atoms. The van der Waals surface area contributed by atoms with E-state index in [1.807, 2.05) is 41.5 Å². The average Bonchev–Trinajstić information content (AvgIpc) is 2.82. The van der Waals surface area contributed by atoms with Crippen LogP contribution in [0.25, 0.3) is 0 Å². The van der Waals surface area contributed by atoms with E-state index < -0.39 is 5.60 Å². The smallest absolute Gasteiger partial charge is 0.410 e. The first kappa shape index (κ1) is 19.0. The Labute approximate surface area is 136 Å². The van der Waals surface area contributed by atoms with Crippen molar-refractivity contribution in [3.63, 3.8) is 0 Å². The van der Waals surface area contributed by atoms with Crippen molar-refractivity contribution in [1.82, 2.24) is 10.2 Å². The van der Waals surface area contributed by atoms with Gasteiger partial charge in [-0.05, 0) is 73.8 Å². The summed E-state index contributed by atoms with van der Waals surface area (Å²) in [6, 6.07) is 0. The van der Waals surface area contributed by atoms with Gasteiger partial charge in [0.25, 0.3) is 0 Å². The van der Waals surface area contributed by atoms with Crippen molar-refractivity contribution >= 4 is 6.09 Å². The van der Waals surface area contributed by atoms with Crippen LogP contribution in [-0.2, 0) is 4.74 Å². The van der Waals surface area contributed by atoms with Crippen LogP contribution in [0.2, 0.25) is 0 Å². The van der Waals surface area contributed by atoms with Crippen molar-refractivity contribution in [3.05, 3.63) is 11.6 Å². The normalized spacial score (nSPS) is 15.6. The predicted octanol–water partition coefficient (Wildman–Crippen LogP) is 4.11. The van der Waals surface area contributed by atoms with Crippen molar-refractivity contribution in [2.75, 3.05) is 19.6 Å². The lowest BCUT2D eigenvalue weighted by Gasteiger charge is -2.37. The van der Waals surface area contributed by atoms with Crippen molar-refractivity contribution in [1.29, 1.82) is 0 Å². The maximum atomic E-state index is 12.3. The molecule has 0 aliphatic heterocycles. The number of carbonyl (C=O) groups excluding carboxylic acids is 1. The van der Waals surface area contributed by atoms with Gasteiger partial charge in [0.05, 0.1) is 0 Å². The molecular weight excluding hydrogens is 276 g/mol. The number of hydrogen-bond acceptors (Lipinski definition) is 3. The van der Waals surface area contributed by atoms with Crippen LogP contribution >= 0.6 is 0 Å². The van der Waals surface area contributed by atoms with Crippen LogP contribution in [-0.4, -0.2) is 41.8 Å². The summed E-state index contributed by atoms with van der Waals surface area (Å²) < 4.78 is 5.51. The van der Waals surface area contributed by atoms with E-state index in [0.717, 1.165) is 19.5 Å². The van der Waals surface area contributed by atoms with Crippen LogP contribution in [0.5, 0.6) is 0 Å². The second-order valence-electron chi connectivity index (χ2n) is 8.06. The quantitative estimate of drug-likeness (QED) is 0.593. The van der Waals surface area contributed by atoms with E-state index in [2.05, 4.69) is 11.4 Å². The highest BCUT2D eigenvalue weighted by Gasteiger charge is 2.30. The molecule has 0 aromatic heterocycles. The summed E-state index contributed by atoms with van der Waals surface area (Å²) >= 11 is 0. The molecule has 128 valence electrons. The van der Waals surface area contributed by atoms with Gasteiger partial charge in [-0.2, -0.15) is 0 Å². The Balaban J connectivity index is 2.37. The summed E-state index contributed by atoms with van der Waals surface area (Å²) in [5, 5.41) is 3.44. The highest BCUT2D eigenvalue weighted by molar-refractivity contribution is 5.69. The Bertz CT molecular complexity index is 389. The van der Waals surface area contributed by atoms with E-state index in [9.17, 15) is 4.79 Å². The van der Waals surface area contributed by atoms with Gasteiger partial charge in [-0.15, -0.1) is 0 Å². The number of nitrogens with one attached hydrogen (secondary N) is 1. The highest BCUT2D eigenvalue weighted by Crippen LogP contribution is 2.20. The fourth-order valence-electron chi connectivity index (χ4n) is 2.55. The molecule has 0 saturated carbocycles. The first-order valence-corrected chi connectivity index (χ1v) is 8.49. The van der Waals surface area contributed by atoms with Crippen LogP contribution in [0.3, 0.4) is 0 Å². The van der Waals surface area contributed by atoms with Gasteiger partial charge in [-0.1, -0.05) is 11.6 Å². The molecule has 0 aromatic rings. The number of hydrogen-bond donors (Lipinski definition) is 1. The molecule has 1 rings (SSSR count). The van der Waals surface area contributed by atoms with Crippen molar-refractivity contribution < 1.29 is 9.53 Å². The summed E-state index contributed by atoms with van der Waals surface area (Å²) in [4.78, 5) is 14.2. The number of carbonyl (C=O) groups is 1. The largest absolute Gasteiger partial charge is 0.444 e. The SMILES string of the molecule is CC(C)(C)OC(=O)N(CCNCCC1=CCCC1)C(C)(C)C. The monoisotopic (exact) mass is 310 g/mol. The second kappa shape index (κ2) is 8.00. The highest BCUT2D eigenvalue weighted by atomic mass is 16.6. The van der Waals surface area contributed by atoms with Crippen LogP contribution in [0.1, 0.15) is 67.2 Å². The van der Waals surface area contributed by atoms with E-state index >= 15 is 0 Å². The molecule has 1 aliphatic rings. The van der Waals surface area contributed by atoms with Crippen LogP contribution in [0.4, 0.5) is 4.79 Å². The lowest BCUT2D eigenvalue weighted by Crippen LogP contribution is -2.50. The predicted molar refractivity (Wildman–Crippen MR) is 92.1 cm³/mol. The summed E-state index contributed by atoms with van der Waals surface area (Å²) in [6.07, 6.45) is 7.07. The molecule has 1 amide bonds. The van der Waals surface area contributed by atoms with Gasteiger partial charge in [0, 0.05) is 18.6 Å². The molecule has 0 unspecified atom stereocenters. The number of rotatable bonds is 6. The number of nitrogens with zero attached hydrogens (tertiary/aromatic N) is 1. The minimum absolute atomic E-state index is 0.236. The molecule has 0 heterocycles. The lowest BCUT2D eigenvalue weighted by atomic mass is 10.1. The van der Waals surface area contributed by atoms with Crippen molar-refractivity contribution in [2.45, 2.75) is 78.4 Å². The molecule has 0 aromatic carbocycles. The first-order valence-electron chi connectivity index (χ1n) is 8.49. The van der Waals surface area contributed by atoms with E-state index in [1.165, 1.54) is 19.3 Å². The Kier molecular flexibility index (Phi) is 6.92. The molecule has 0 atom stereocenters. The maximum Gasteiger partial charge on any atom is 0.410 e. The molecule has 4 nitrogen and oxygen atoms in total. The number of amides is 1. The standard InChI is InChI=1S/C18H34N2O2/c1-17(2,3)20(16(21)22-18(4,5)6)14-13-19-12-11-15-9-7-8-10-15/h9,19H,7-8,10-14H2,1-6H3. The Morgan fingerprint density at radius 2 is 1.91 bits per heavy atom. The number of ether oxygens (including phenoxy) is 1. The van der Waals surface area contributed by atoms with E-state index in [4.69, 9.17) is 4.74 Å². The minimum atomic E-state index is -0.455. The van der Waals surface area contributed by atoms with Gasteiger partial charge in [-0.25, -0.2) is 4.79 Å². The van der Waals surface area contributed by atoms with Gasteiger partial charge in [0.1, 0.15) is 5.60 Å². The molecule has 0 radical (unpaired) electrons. The van der Waals surface area contributed by atoms with Crippen LogP contribution < -0.4 is 5.32 Å². The van der Waals surface area contributed by atoms with Gasteiger partial charge in [0.2, 0.25) is 0 Å². The Morgan fingerprint density at radius 1 is 1.23 bits per heavy atom. The summed E-state index contributed by atoms with van der Waals surface area (Å²) in [7, 11) is 0. The topological polar surface area (TPSA) is 41.6 Å². The van der Waals surface area contributed by atoms with E-state index in [1.54, 1.807) is 10.5 Å².